The molecule has 1 saturated heterocycles. The summed E-state index contributed by atoms with van der Waals surface area (Å²) in [5.41, 5.74) is 7.31. The highest BCUT2D eigenvalue weighted by Gasteiger charge is 2.42. The Labute approximate surface area is 186 Å². The molecule has 1 amide bonds. The van der Waals surface area contributed by atoms with Crippen LogP contribution in [0.2, 0.25) is 0 Å². The first-order chi connectivity index (χ1) is 15.4. The number of hydrogen-bond donors (Lipinski definition) is 3. The van der Waals surface area contributed by atoms with Crippen LogP contribution in [-0.4, -0.2) is 51.3 Å². The van der Waals surface area contributed by atoms with Gasteiger partial charge in [-0.1, -0.05) is 12.1 Å². The average molecular weight is 437 g/mol. The van der Waals surface area contributed by atoms with Crippen molar-refractivity contribution in [1.82, 2.24) is 15.1 Å². The maximum absolute atomic E-state index is 13.1. The summed E-state index contributed by atoms with van der Waals surface area (Å²) in [7, 11) is 0. The highest BCUT2D eigenvalue weighted by Crippen LogP contribution is 2.43. The van der Waals surface area contributed by atoms with E-state index in [2.05, 4.69) is 20.5 Å². The molecule has 1 aliphatic carbocycles. The fraction of sp³-hybridized carbons (Fsp3) is 0.478. The first-order valence-electron chi connectivity index (χ1n) is 11.1. The zero-order valence-electron chi connectivity index (χ0n) is 18.1. The van der Waals surface area contributed by atoms with Gasteiger partial charge in [-0.3, -0.25) is 9.69 Å². The fourth-order valence-electron chi connectivity index (χ4n) is 4.57. The Balaban J connectivity index is 1.40. The Morgan fingerprint density at radius 1 is 1.16 bits per heavy atom. The summed E-state index contributed by atoms with van der Waals surface area (Å²) < 4.78 is 5.40. The van der Waals surface area contributed by atoms with E-state index < -0.39 is 5.54 Å². The van der Waals surface area contributed by atoms with Crippen molar-refractivity contribution < 1.29 is 14.6 Å². The molecule has 2 aliphatic heterocycles. The molecule has 0 radical (unpaired) electrons. The fourth-order valence-corrected chi connectivity index (χ4v) is 4.57. The second kappa shape index (κ2) is 8.05. The lowest BCUT2D eigenvalue weighted by molar-refractivity contribution is -0.132. The number of nitrogens with zero attached hydrogens (tertiary/aromatic N) is 4. The highest BCUT2D eigenvalue weighted by atomic mass is 16.5. The summed E-state index contributed by atoms with van der Waals surface area (Å²) in [6, 6.07) is 9.17. The molecule has 0 unspecified atom stereocenters. The minimum absolute atomic E-state index is 0.00309. The number of rotatable bonds is 5. The van der Waals surface area contributed by atoms with E-state index in [0.29, 0.717) is 36.2 Å². The van der Waals surface area contributed by atoms with E-state index >= 15 is 0 Å². The Morgan fingerprint density at radius 2 is 1.94 bits per heavy atom. The van der Waals surface area contributed by atoms with Crippen LogP contribution in [0.5, 0.6) is 5.75 Å². The Morgan fingerprint density at radius 3 is 2.59 bits per heavy atom. The van der Waals surface area contributed by atoms with Crippen molar-refractivity contribution in [3.8, 4) is 5.75 Å². The Bertz CT molecular complexity index is 1050. The van der Waals surface area contributed by atoms with Gasteiger partial charge in [0, 0.05) is 30.7 Å². The van der Waals surface area contributed by atoms with Crippen LogP contribution in [0.4, 0.5) is 11.5 Å². The topological polar surface area (TPSA) is 126 Å². The van der Waals surface area contributed by atoms with Gasteiger partial charge in [0.2, 0.25) is 5.91 Å². The number of aromatic hydroxyl groups is 1. The van der Waals surface area contributed by atoms with E-state index in [1.807, 2.05) is 25.1 Å². The van der Waals surface area contributed by atoms with E-state index in [-0.39, 0.29) is 30.1 Å². The highest BCUT2D eigenvalue weighted by molar-refractivity contribution is 5.99. The molecule has 1 atom stereocenters. The summed E-state index contributed by atoms with van der Waals surface area (Å²) in [4.78, 5) is 19.4. The van der Waals surface area contributed by atoms with Gasteiger partial charge in [0.05, 0.1) is 23.3 Å². The molecule has 0 spiro atoms. The molecule has 1 aromatic carbocycles. The summed E-state index contributed by atoms with van der Waals surface area (Å²) in [6.07, 6.45) is 3.93. The number of benzene rings is 1. The van der Waals surface area contributed by atoms with Crippen LogP contribution in [0.3, 0.4) is 0 Å². The number of nitrogens with two attached hydrogens (primary N) is 1. The van der Waals surface area contributed by atoms with Gasteiger partial charge in [0.25, 0.3) is 0 Å². The standard InChI is InChI=1S/C23H28N6O3/c1-23(13-20(30)29(22(24)26-23)15-9-11-32-12-10-15)16-3-2-4-18(21(16)31)25-19-8-7-17(27-28-19)14-5-6-14/h2-4,7-8,14-15,31H,5-6,9-13H2,1H3,(H2,24,26)(H,25,28)/t23-/m0/s1. The number of carbonyl (C=O) groups is 1. The molecule has 2 aromatic rings. The van der Waals surface area contributed by atoms with Gasteiger partial charge in [0.15, 0.2) is 11.8 Å². The lowest BCUT2D eigenvalue weighted by Crippen LogP contribution is -2.55. The van der Waals surface area contributed by atoms with Crippen LogP contribution < -0.4 is 11.1 Å². The largest absolute Gasteiger partial charge is 0.505 e. The zero-order chi connectivity index (χ0) is 22.3. The molecule has 5 rings (SSSR count). The van der Waals surface area contributed by atoms with Crippen LogP contribution in [-0.2, 0) is 15.1 Å². The van der Waals surface area contributed by atoms with Crippen LogP contribution >= 0.6 is 0 Å². The molecule has 4 N–H and O–H groups in total. The van der Waals surface area contributed by atoms with Gasteiger partial charge in [-0.05, 0) is 50.8 Å². The van der Waals surface area contributed by atoms with Crippen LogP contribution in [0.25, 0.3) is 0 Å². The third kappa shape index (κ3) is 3.88. The number of phenols is 1. The molecular weight excluding hydrogens is 408 g/mol. The maximum Gasteiger partial charge on any atom is 0.232 e. The number of phenolic OH excluding ortho intramolecular Hbond substituents is 1. The van der Waals surface area contributed by atoms with E-state index in [1.54, 1.807) is 17.0 Å². The second-order valence-electron chi connectivity index (χ2n) is 8.97. The lowest BCUT2D eigenvalue weighted by Gasteiger charge is -2.40. The predicted octanol–water partition coefficient (Wildman–Crippen LogP) is 2.74. The third-order valence-corrected chi connectivity index (χ3v) is 6.49. The number of para-hydroxylation sites is 1. The molecule has 9 nitrogen and oxygen atoms in total. The quantitative estimate of drug-likeness (QED) is 0.615. The summed E-state index contributed by atoms with van der Waals surface area (Å²) >= 11 is 0. The molecule has 3 heterocycles. The van der Waals surface area contributed by atoms with Crippen molar-refractivity contribution in [3.05, 3.63) is 41.6 Å². The van der Waals surface area contributed by atoms with Crippen molar-refractivity contribution in [3.63, 3.8) is 0 Å². The summed E-state index contributed by atoms with van der Waals surface area (Å²) in [6.45, 7) is 3.04. The Kier molecular flexibility index (Phi) is 5.21. The van der Waals surface area contributed by atoms with Crippen LogP contribution in [0, 0.1) is 0 Å². The number of guanidine groups is 1. The molecule has 2 fully saturated rings. The number of carbonyl (C=O) groups excluding carboxylic acids is 1. The minimum Gasteiger partial charge on any atom is -0.505 e. The second-order valence-corrected chi connectivity index (χ2v) is 8.97. The number of aromatic nitrogens is 2. The van der Waals surface area contributed by atoms with Crippen molar-refractivity contribution in [2.75, 3.05) is 18.5 Å². The van der Waals surface area contributed by atoms with Gasteiger partial charge >= 0.3 is 0 Å². The zero-order valence-corrected chi connectivity index (χ0v) is 18.1. The molecule has 0 bridgehead atoms. The number of nitrogens with one attached hydrogen (secondary N) is 1. The summed E-state index contributed by atoms with van der Waals surface area (Å²) in [5, 5.41) is 22.7. The van der Waals surface area contributed by atoms with Gasteiger partial charge in [-0.2, -0.15) is 5.10 Å². The lowest BCUT2D eigenvalue weighted by atomic mass is 9.86. The number of ether oxygens (including phenoxy) is 1. The summed E-state index contributed by atoms with van der Waals surface area (Å²) in [5.74, 6) is 1.19. The predicted molar refractivity (Wildman–Crippen MR) is 120 cm³/mol. The monoisotopic (exact) mass is 436 g/mol. The number of aliphatic imine (C=N–C) groups is 1. The van der Waals surface area contributed by atoms with Crippen molar-refractivity contribution in [2.24, 2.45) is 10.7 Å². The van der Waals surface area contributed by atoms with E-state index in [4.69, 9.17) is 10.5 Å². The molecular formula is C23H28N6O3. The molecule has 1 saturated carbocycles. The van der Waals surface area contributed by atoms with E-state index in [0.717, 1.165) is 31.4 Å². The van der Waals surface area contributed by atoms with E-state index in [1.165, 1.54) is 0 Å². The SMILES string of the molecule is C[C@@]1(c2cccc(Nc3ccc(C4CC4)nn3)c2O)CC(=O)N(C2CCOCC2)C(N)=N1. The first-order valence-corrected chi connectivity index (χ1v) is 11.1. The number of hydrogen-bond acceptors (Lipinski definition) is 8. The van der Waals surface area contributed by atoms with Crippen molar-refractivity contribution in [1.29, 1.82) is 0 Å². The van der Waals surface area contributed by atoms with Gasteiger partial charge in [-0.15, -0.1) is 5.10 Å². The molecule has 9 heteroatoms. The number of anilines is 2. The number of amides is 1. The van der Waals surface area contributed by atoms with Crippen molar-refractivity contribution in [2.45, 2.75) is 56.5 Å². The van der Waals surface area contributed by atoms with Gasteiger partial charge in [-0.25, -0.2) is 4.99 Å². The third-order valence-electron chi connectivity index (χ3n) is 6.49. The molecule has 32 heavy (non-hydrogen) atoms. The molecule has 1 aromatic heterocycles. The Hall–Kier alpha value is -3.20. The van der Waals surface area contributed by atoms with Crippen molar-refractivity contribution >= 4 is 23.4 Å². The molecule has 168 valence electrons. The van der Waals surface area contributed by atoms with Crippen LogP contribution in [0.1, 0.15) is 56.2 Å². The smallest absolute Gasteiger partial charge is 0.232 e. The minimum atomic E-state index is -0.966. The van der Waals surface area contributed by atoms with Gasteiger partial charge in [0.1, 0.15) is 5.75 Å². The van der Waals surface area contributed by atoms with E-state index in [9.17, 15) is 9.90 Å². The first kappa shape index (κ1) is 20.7. The van der Waals surface area contributed by atoms with Crippen LogP contribution in [0.15, 0.2) is 35.3 Å². The maximum atomic E-state index is 13.1. The average Bonchev–Trinajstić information content (AvgIpc) is 3.61. The normalized spacial score (nSPS) is 24.3. The molecule has 3 aliphatic rings. The van der Waals surface area contributed by atoms with Gasteiger partial charge < -0.3 is 20.9 Å².